The molecule has 1 aliphatic rings. The van der Waals surface area contributed by atoms with E-state index in [0.29, 0.717) is 13.2 Å². The number of halogens is 1. The first-order chi connectivity index (χ1) is 7.16. The van der Waals surface area contributed by atoms with Crippen LogP contribution in [0.4, 0.5) is 0 Å². The summed E-state index contributed by atoms with van der Waals surface area (Å²) in [6.07, 6.45) is 1.84. The molecule has 78 valence electrons. The second-order valence-electron chi connectivity index (χ2n) is 3.38. The van der Waals surface area contributed by atoms with Gasteiger partial charge in [0.15, 0.2) is 0 Å². The Morgan fingerprint density at radius 1 is 1.60 bits per heavy atom. The molecule has 0 unspecified atom stereocenters. The van der Waals surface area contributed by atoms with E-state index in [0.717, 1.165) is 21.2 Å². The number of esters is 1. The summed E-state index contributed by atoms with van der Waals surface area (Å²) < 4.78 is 5.98. The summed E-state index contributed by atoms with van der Waals surface area (Å²) in [6.45, 7) is 2.41. The van der Waals surface area contributed by atoms with E-state index >= 15 is 0 Å². The van der Waals surface area contributed by atoms with Gasteiger partial charge >= 0.3 is 5.97 Å². The molecule has 1 aliphatic heterocycles. The maximum absolute atomic E-state index is 10.7. The number of nitrogens with zero attached hydrogens (tertiary/aromatic N) is 1. The molecule has 1 heterocycles. The number of benzene rings is 1. The molecule has 2 rings (SSSR count). The minimum absolute atomic E-state index is 0.261. The molecule has 0 amide bonds. The van der Waals surface area contributed by atoms with Crippen molar-refractivity contribution in [2.75, 3.05) is 0 Å². The number of hydrogen-bond acceptors (Lipinski definition) is 3. The lowest BCUT2D eigenvalue weighted by Crippen LogP contribution is -2.02. The first kappa shape index (κ1) is 10.4. The Hall–Kier alpha value is -1.16. The molecule has 0 saturated heterocycles. The summed E-state index contributed by atoms with van der Waals surface area (Å²) in [4.78, 5) is 14.9. The van der Waals surface area contributed by atoms with E-state index in [1.165, 1.54) is 6.92 Å². The molecule has 0 aliphatic carbocycles. The van der Waals surface area contributed by atoms with Crippen molar-refractivity contribution in [2.45, 2.75) is 20.1 Å². The molecule has 0 spiro atoms. The van der Waals surface area contributed by atoms with Gasteiger partial charge in [0.2, 0.25) is 0 Å². The smallest absolute Gasteiger partial charge is 0.302 e. The zero-order valence-corrected chi connectivity index (χ0v) is 9.87. The van der Waals surface area contributed by atoms with Gasteiger partial charge < -0.3 is 4.74 Å². The minimum atomic E-state index is -0.261. The van der Waals surface area contributed by atoms with E-state index in [1.54, 1.807) is 0 Å². The van der Waals surface area contributed by atoms with Gasteiger partial charge in [-0.15, -0.1) is 0 Å². The predicted octanol–water partition coefficient (Wildman–Crippen LogP) is 2.44. The Morgan fingerprint density at radius 3 is 3.13 bits per heavy atom. The molecule has 0 aromatic heterocycles. The molecule has 0 fully saturated rings. The van der Waals surface area contributed by atoms with Crippen LogP contribution in [0.1, 0.15) is 23.6 Å². The van der Waals surface area contributed by atoms with Crippen LogP contribution in [-0.4, -0.2) is 12.2 Å². The monoisotopic (exact) mass is 267 g/mol. The summed E-state index contributed by atoms with van der Waals surface area (Å²) >= 11 is 3.42. The van der Waals surface area contributed by atoms with Crippen LogP contribution in [0.2, 0.25) is 0 Å². The van der Waals surface area contributed by atoms with Crippen LogP contribution in [-0.2, 0) is 22.7 Å². The number of carbonyl (C=O) groups excluding carboxylic acids is 1. The van der Waals surface area contributed by atoms with Gasteiger partial charge in [0.1, 0.15) is 6.61 Å². The third kappa shape index (κ3) is 2.26. The number of rotatable bonds is 2. The lowest BCUT2D eigenvalue weighted by Gasteiger charge is -2.08. The molecule has 0 radical (unpaired) electrons. The molecule has 1 aromatic carbocycles. The van der Waals surface area contributed by atoms with Crippen molar-refractivity contribution in [3.63, 3.8) is 0 Å². The largest absolute Gasteiger partial charge is 0.461 e. The Bertz CT molecular complexity index is 440. The van der Waals surface area contributed by atoms with E-state index in [1.807, 2.05) is 18.3 Å². The summed E-state index contributed by atoms with van der Waals surface area (Å²) in [5.74, 6) is -0.261. The molecule has 15 heavy (non-hydrogen) atoms. The SMILES string of the molecule is CC(=O)OCc1cc(Br)cc2c1CN=C2. The third-order valence-electron chi connectivity index (χ3n) is 2.25. The van der Waals surface area contributed by atoms with Gasteiger partial charge in [-0.3, -0.25) is 9.79 Å². The quantitative estimate of drug-likeness (QED) is 0.773. The standard InChI is InChI=1S/C11H10BrNO2/c1-7(14)15-6-9-3-10(12)2-8-4-13-5-11(8)9/h2-4H,5-6H2,1H3. The fourth-order valence-electron chi connectivity index (χ4n) is 1.57. The summed E-state index contributed by atoms with van der Waals surface area (Å²) in [5.41, 5.74) is 3.28. The van der Waals surface area contributed by atoms with Gasteiger partial charge in [0.25, 0.3) is 0 Å². The van der Waals surface area contributed by atoms with Gasteiger partial charge in [-0.25, -0.2) is 0 Å². The molecule has 4 heteroatoms. The number of fused-ring (bicyclic) bond motifs is 1. The first-order valence-corrected chi connectivity index (χ1v) is 5.40. The molecule has 0 N–H and O–H groups in total. The molecule has 0 saturated carbocycles. The fraction of sp³-hybridized carbons (Fsp3) is 0.273. The van der Waals surface area contributed by atoms with Crippen molar-refractivity contribution in [3.8, 4) is 0 Å². The van der Waals surface area contributed by atoms with Crippen LogP contribution in [0.25, 0.3) is 0 Å². The van der Waals surface area contributed by atoms with Gasteiger partial charge in [0, 0.05) is 17.6 Å². The Balaban J connectivity index is 2.28. The van der Waals surface area contributed by atoms with Crippen LogP contribution in [0.3, 0.4) is 0 Å². The normalized spacial score (nSPS) is 12.7. The average Bonchev–Trinajstić information content (AvgIpc) is 2.61. The van der Waals surface area contributed by atoms with Crippen molar-refractivity contribution in [1.29, 1.82) is 0 Å². The zero-order valence-electron chi connectivity index (χ0n) is 8.29. The van der Waals surface area contributed by atoms with Gasteiger partial charge in [0.05, 0.1) is 6.54 Å². The Morgan fingerprint density at radius 2 is 2.40 bits per heavy atom. The van der Waals surface area contributed by atoms with E-state index in [-0.39, 0.29) is 5.97 Å². The average molecular weight is 268 g/mol. The maximum Gasteiger partial charge on any atom is 0.302 e. The lowest BCUT2D eigenvalue weighted by molar-refractivity contribution is -0.142. The number of carbonyl (C=O) groups is 1. The number of aliphatic imine (C=N–C) groups is 1. The minimum Gasteiger partial charge on any atom is -0.461 e. The maximum atomic E-state index is 10.7. The summed E-state index contributed by atoms with van der Waals surface area (Å²) in [5, 5.41) is 0. The molecule has 0 atom stereocenters. The van der Waals surface area contributed by atoms with E-state index < -0.39 is 0 Å². The van der Waals surface area contributed by atoms with Crippen molar-refractivity contribution in [1.82, 2.24) is 0 Å². The van der Waals surface area contributed by atoms with Crippen molar-refractivity contribution >= 4 is 28.1 Å². The third-order valence-corrected chi connectivity index (χ3v) is 2.71. The number of ether oxygens (including phenoxy) is 1. The van der Waals surface area contributed by atoms with E-state index in [2.05, 4.69) is 20.9 Å². The van der Waals surface area contributed by atoms with Crippen LogP contribution in [0.5, 0.6) is 0 Å². The van der Waals surface area contributed by atoms with Crippen LogP contribution < -0.4 is 0 Å². The molecule has 1 aromatic rings. The lowest BCUT2D eigenvalue weighted by atomic mass is 10.0. The van der Waals surface area contributed by atoms with E-state index in [4.69, 9.17) is 4.74 Å². The highest BCUT2D eigenvalue weighted by molar-refractivity contribution is 9.10. The fourth-order valence-corrected chi connectivity index (χ4v) is 2.09. The second kappa shape index (κ2) is 4.14. The second-order valence-corrected chi connectivity index (χ2v) is 4.30. The summed E-state index contributed by atoms with van der Waals surface area (Å²) in [7, 11) is 0. The number of hydrogen-bond donors (Lipinski definition) is 0. The molecule has 3 nitrogen and oxygen atoms in total. The van der Waals surface area contributed by atoms with Gasteiger partial charge in [-0.1, -0.05) is 15.9 Å². The molecule has 0 bridgehead atoms. The topological polar surface area (TPSA) is 38.7 Å². The first-order valence-electron chi connectivity index (χ1n) is 4.61. The van der Waals surface area contributed by atoms with E-state index in [9.17, 15) is 4.79 Å². The van der Waals surface area contributed by atoms with Crippen molar-refractivity contribution in [2.24, 2.45) is 4.99 Å². The molecular formula is C11H10BrNO2. The van der Waals surface area contributed by atoms with Crippen LogP contribution in [0, 0.1) is 0 Å². The molecular weight excluding hydrogens is 258 g/mol. The summed E-state index contributed by atoms with van der Waals surface area (Å²) in [6, 6.07) is 3.99. The van der Waals surface area contributed by atoms with Crippen LogP contribution in [0.15, 0.2) is 21.6 Å². The van der Waals surface area contributed by atoms with Crippen LogP contribution >= 0.6 is 15.9 Å². The van der Waals surface area contributed by atoms with Crippen molar-refractivity contribution < 1.29 is 9.53 Å². The highest BCUT2D eigenvalue weighted by Gasteiger charge is 2.13. The highest BCUT2D eigenvalue weighted by Crippen LogP contribution is 2.25. The zero-order chi connectivity index (χ0) is 10.8. The Labute approximate surface area is 96.3 Å². The predicted molar refractivity (Wildman–Crippen MR) is 60.9 cm³/mol. The Kier molecular flexibility index (Phi) is 2.86. The van der Waals surface area contributed by atoms with Crippen molar-refractivity contribution in [3.05, 3.63) is 33.3 Å². The van der Waals surface area contributed by atoms with Gasteiger partial charge in [-0.2, -0.15) is 0 Å². The van der Waals surface area contributed by atoms with Gasteiger partial charge in [-0.05, 0) is 28.8 Å². The highest BCUT2D eigenvalue weighted by atomic mass is 79.9.